The quantitative estimate of drug-likeness (QED) is 0.806. The van der Waals surface area contributed by atoms with Gasteiger partial charge in [0.25, 0.3) is 0 Å². The third kappa shape index (κ3) is 2.98. The Bertz CT molecular complexity index is 880. The summed E-state index contributed by atoms with van der Waals surface area (Å²) in [6.45, 7) is 0.270. The summed E-state index contributed by atoms with van der Waals surface area (Å²) < 4.78 is 34.0. The topological polar surface area (TPSA) is 69.7 Å². The summed E-state index contributed by atoms with van der Waals surface area (Å²) in [5.74, 6) is 0.116. The molecule has 0 unspecified atom stereocenters. The van der Waals surface area contributed by atoms with E-state index in [0.717, 1.165) is 5.56 Å². The highest BCUT2D eigenvalue weighted by atomic mass is 32.2. The van der Waals surface area contributed by atoms with Gasteiger partial charge in [0.1, 0.15) is 12.4 Å². The summed E-state index contributed by atoms with van der Waals surface area (Å²) in [6.07, 6.45) is 1.54. The molecular weight excluding hydrogens is 316 g/mol. The third-order valence-electron chi connectivity index (χ3n) is 3.52. The molecule has 6 heteroatoms. The van der Waals surface area contributed by atoms with Crippen LogP contribution in [0.4, 0.5) is 0 Å². The van der Waals surface area contributed by atoms with Crippen LogP contribution in [-0.2, 0) is 21.2 Å². The Morgan fingerprint density at radius 3 is 2.52 bits per heavy atom. The average Bonchev–Trinajstić information content (AvgIpc) is 2.88. The van der Waals surface area contributed by atoms with Crippen LogP contribution < -0.4 is 4.74 Å². The normalized spacial score (nSPS) is 14.3. The van der Waals surface area contributed by atoms with E-state index in [1.165, 1.54) is 12.5 Å². The van der Waals surface area contributed by atoms with E-state index in [1.807, 2.05) is 0 Å². The second-order valence-corrected chi connectivity index (χ2v) is 6.79. The van der Waals surface area contributed by atoms with Crippen molar-refractivity contribution in [2.24, 2.45) is 0 Å². The van der Waals surface area contributed by atoms with Gasteiger partial charge in [-0.05, 0) is 35.9 Å². The van der Waals surface area contributed by atoms with Gasteiger partial charge in [-0.3, -0.25) is 0 Å². The van der Waals surface area contributed by atoms with Crippen molar-refractivity contribution in [2.45, 2.75) is 11.5 Å². The molecule has 0 aromatic heterocycles. The van der Waals surface area contributed by atoms with Crippen LogP contribution in [0.25, 0.3) is 6.08 Å². The second kappa shape index (κ2) is 5.89. The van der Waals surface area contributed by atoms with Crippen LogP contribution in [0.3, 0.4) is 0 Å². The minimum Gasteiger partial charge on any atom is -0.488 e. The molecule has 118 valence electrons. The monoisotopic (exact) mass is 330 g/mol. The summed E-state index contributed by atoms with van der Waals surface area (Å²) in [7, 11) is -2.01. The second-order valence-electron chi connectivity index (χ2n) is 4.99. The van der Waals surface area contributed by atoms with E-state index in [9.17, 15) is 13.2 Å². The molecule has 0 spiro atoms. The Morgan fingerprint density at radius 1 is 1.09 bits per heavy atom. The fourth-order valence-electron chi connectivity index (χ4n) is 2.31. The predicted octanol–water partition coefficient (Wildman–Crippen LogP) is 2.81. The fourth-order valence-corrected chi connectivity index (χ4v) is 3.51. The van der Waals surface area contributed by atoms with Crippen molar-refractivity contribution >= 4 is 21.9 Å². The lowest BCUT2D eigenvalue weighted by molar-refractivity contribution is 0.0600. The largest absolute Gasteiger partial charge is 0.488 e. The molecule has 0 bridgehead atoms. The van der Waals surface area contributed by atoms with Crippen LogP contribution in [-0.4, -0.2) is 21.5 Å². The molecule has 23 heavy (non-hydrogen) atoms. The number of benzene rings is 2. The van der Waals surface area contributed by atoms with E-state index in [-0.39, 0.29) is 11.5 Å². The minimum absolute atomic E-state index is 0.260. The zero-order chi connectivity index (χ0) is 16.4. The van der Waals surface area contributed by atoms with E-state index in [0.29, 0.717) is 16.9 Å². The molecule has 0 aliphatic carbocycles. The van der Waals surface area contributed by atoms with Crippen molar-refractivity contribution in [1.29, 1.82) is 0 Å². The molecule has 0 N–H and O–H groups in total. The van der Waals surface area contributed by atoms with E-state index < -0.39 is 15.8 Å². The van der Waals surface area contributed by atoms with Crippen LogP contribution in [0.1, 0.15) is 21.5 Å². The lowest BCUT2D eigenvalue weighted by Crippen LogP contribution is -2.02. The van der Waals surface area contributed by atoms with Crippen LogP contribution in [0, 0.1) is 0 Å². The lowest BCUT2D eigenvalue weighted by Gasteiger charge is -2.10. The lowest BCUT2D eigenvalue weighted by atomic mass is 10.1. The number of hydrogen-bond donors (Lipinski definition) is 0. The fraction of sp³-hybridized carbons (Fsp3) is 0.118. The number of carbonyl (C=O) groups excluding carboxylic acids is 1. The predicted molar refractivity (Wildman–Crippen MR) is 84.8 cm³/mol. The zero-order valence-corrected chi connectivity index (χ0v) is 13.2. The highest BCUT2D eigenvalue weighted by molar-refractivity contribution is 7.94. The third-order valence-corrected chi connectivity index (χ3v) is 4.98. The molecule has 0 radical (unpaired) electrons. The van der Waals surface area contributed by atoms with Gasteiger partial charge in [0.05, 0.1) is 17.6 Å². The van der Waals surface area contributed by atoms with Gasteiger partial charge in [-0.15, -0.1) is 0 Å². The van der Waals surface area contributed by atoms with Gasteiger partial charge < -0.3 is 9.47 Å². The maximum Gasteiger partial charge on any atom is 0.337 e. The van der Waals surface area contributed by atoms with E-state index in [2.05, 4.69) is 4.74 Å². The number of carbonyl (C=O) groups is 1. The van der Waals surface area contributed by atoms with Gasteiger partial charge in [0.2, 0.25) is 9.84 Å². The zero-order valence-electron chi connectivity index (χ0n) is 12.4. The number of methoxy groups -OCH3 is 1. The van der Waals surface area contributed by atoms with E-state index in [4.69, 9.17) is 4.74 Å². The summed E-state index contributed by atoms with van der Waals surface area (Å²) in [6, 6.07) is 11.8. The maximum absolute atomic E-state index is 11.8. The molecule has 1 heterocycles. The van der Waals surface area contributed by atoms with E-state index in [1.54, 1.807) is 48.5 Å². The highest BCUT2D eigenvalue weighted by Gasteiger charge is 2.23. The van der Waals surface area contributed by atoms with Crippen molar-refractivity contribution in [3.8, 4) is 5.75 Å². The SMILES string of the molecule is COC(=O)c1ccc(COc2cccc3c2C=CS3(=O)=O)cc1. The first-order chi connectivity index (χ1) is 11.0. The molecule has 5 nitrogen and oxygen atoms in total. The van der Waals surface area contributed by atoms with Crippen LogP contribution in [0.5, 0.6) is 5.75 Å². The minimum atomic E-state index is -3.34. The van der Waals surface area contributed by atoms with Gasteiger partial charge >= 0.3 is 5.97 Å². The van der Waals surface area contributed by atoms with Crippen LogP contribution in [0.15, 0.2) is 52.8 Å². The Labute approximate surface area is 134 Å². The van der Waals surface area contributed by atoms with Gasteiger partial charge in [-0.1, -0.05) is 18.2 Å². The Balaban J connectivity index is 1.76. The molecule has 1 aliphatic heterocycles. The molecule has 2 aromatic rings. The molecule has 2 aromatic carbocycles. The summed E-state index contributed by atoms with van der Waals surface area (Å²) in [4.78, 5) is 11.6. The molecular formula is C17H14O5S. The van der Waals surface area contributed by atoms with Crippen molar-refractivity contribution in [3.05, 3.63) is 64.6 Å². The van der Waals surface area contributed by atoms with Gasteiger partial charge in [-0.2, -0.15) is 0 Å². The summed E-state index contributed by atoms with van der Waals surface area (Å²) in [5.41, 5.74) is 1.89. The highest BCUT2D eigenvalue weighted by Crippen LogP contribution is 2.34. The average molecular weight is 330 g/mol. The van der Waals surface area contributed by atoms with Gasteiger partial charge in [-0.25, -0.2) is 13.2 Å². The van der Waals surface area contributed by atoms with Crippen molar-refractivity contribution in [1.82, 2.24) is 0 Å². The maximum atomic E-state index is 11.8. The number of hydrogen-bond acceptors (Lipinski definition) is 5. The molecule has 0 amide bonds. The van der Waals surface area contributed by atoms with Crippen LogP contribution >= 0.6 is 0 Å². The summed E-state index contributed by atoms with van der Waals surface area (Å²) >= 11 is 0. The molecule has 3 rings (SSSR count). The summed E-state index contributed by atoms with van der Waals surface area (Å²) in [5, 5.41) is 1.18. The number of fused-ring (bicyclic) bond motifs is 1. The number of rotatable bonds is 4. The molecule has 0 saturated carbocycles. The van der Waals surface area contributed by atoms with E-state index >= 15 is 0 Å². The molecule has 0 atom stereocenters. The number of ether oxygens (including phenoxy) is 2. The molecule has 1 aliphatic rings. The molecule has 0 fully saturated rings. The smallest absolute Gasteiger partial charge is 0.337 e. The van der Waals surface area contributed by atoms with Gasteiger partial charge in [0.15, 0.2) is 0 Å². The Morgan fingerprint density at radius 2 is 1.83 bits per heavy atom. The van der Waals surface area contributed by atoms with Crippen LogP contribution in [0.2, 0.25) is 0 Å². The molecule has 0 saturated heterocycles. The Hall–Kier alpha value is -2.60. The first kappa shape index (κ1) is 15.3. The van der Waals surface area contributed by atoms with Crippen molar-refractivity contribution < 1.29 is 22.7 Å². The number of sulfone groups is 1. The van der Waals surface area contributed by atoms with Gasteiger partial charge in [0, 0.05) is 11.0 Å². The van der Waals surface area contributed by atoms with Crippen molar-refractivity contribution in [3.63, 3.8) is 0 Å². The first-order valence-electron chi connectivity index (χ1n) is 6.87. The Kier molecular flexibility index (Phi) is 3.92. The first-order valence-corrected chi connectivity index (χ1v) is 8.42. The van der Waals surface area contributed by atoms with Crippen molar-refractivity contribution in [2.75, 3.05) is 7.11 Å². The standard InChI is InChI=1S/C17H14O5S/c1-21-17(18)13-7-5-12(6-8-13)11-22-15-3-2-4-16-14(15)9-10-23(16,19)20/h2-10H,11H2,1H3. The number of esters is 1.